The molecule has 0 saturated heterocycles. The van der Waals surface area contributed by atoms with E-state index in [1.165, 1.54) is 22.9 Å². The van der Waals surface area contributed by atoms with Crippen LogP contribution in [0.15, 0.2) is 24.4 Å². The third-order valence-corrected chi connectivity index (χ3v) is 4.80. The zero-order chi connectivity index (χ0) is 19.3. The molecule has 0 radical (unpaired) electrons. The second-order valence-corrected chi connectivity index (χ2v) is 6.95. The van der Waals surface area contributed by atoms with E-state index >= 15 is 0 Å². The zero-order valence-corrected chi connectivity index (χ0v) is 15.0. The number of amides is 1. The lowest BCUT2D eigenvalue weighted by Gasteiger charge is -2.13. The molecule has 6 nitrogen and oxygen atoms in total. The van der Waals surface area contributed by atoms with Crippen molar-refractivity contribution in [1.82, 2.24) is 19.3 Å². The maximum absolute atomic E-state index is 13.1. The van der Waals surface area contributed by atoms with Crippen LogP contribution in [0.1, 0.15) is 34.8 Å². The Kier molecular flexibility index (Phi) is 4.14. The van der Waals surface area contributed by atoms with Gasteiger partial charge in [-0.05, 0) is 30.9 Å². The van der Waals surface area contributed by atoms with E-state index in [4.69, 9.17) is 11.6 Å². The number of carbonyl (C=O) groups is 1. The average Bonchev–Trinajstić information content (AvgIpc) is 3.27. The first kappa shape index (κ1) is 17.8. The first-order valence-electron chi connectivity index (χ1n) is 8.29. The summed E-state index contributed by atoms with van der Waals surface area (Å²) in [5, 5.41) is 6.83. The average molecular weight is 398 g/mol. The number of aryl methyl sites for hydroxylation is 1. The molecular weight excluding hydrogens is 383 g/mol. The van der Waals surface area contributed by atoms with Crippen molar-refractivity contribution in [3.63, 3.8) is 0 Å². The second-order valence-electron chi connectivity index (χ2n) is 6.54. The predicted octanol–water partition coefficient (Wildman–Crippen LogP) is 4.12. The number of para-hydroxylation sites is 1. The van der Waals surface area contributed by atoms with Gasteiger partial charge in [0.15, 0.2) is 0 Å². The van der Waals surface area contributed by atoms with Crippen molar-refractivity contribution in [2.45, 2.75) is 31.5 Å². The van der Waals surface area contributed by atoms with Crippen LogP contribution < -0.4 is 5.32 Å². The molecule has 1 N–H and O–H groups in total. The summed E-state index contributed by atoms with van der Waals surface area (Å²) >= 11 is 6.07. The molecule has 1 fully saturated rings. The molecule has 2 heterocycles. The van der Waals surface area contributed by atoms with Crippen LogP contribution in [-0.2, 0) is 13.6 Å². The van der Waals surface area contributed by atoms with E-state index in [-0.39, 0.29) is 27.9 Å². The summed E-state index contributed by atoms with van der Waals surface area (Å²) in [7, 11) is 1.62. The largest absolute Gasteiger partial charge is 0.406 e. The van der Waals surface area contributed by atoms with E-state index in [0.717, 1.165) is 23.0 Å². The third-order valence-electron chi connectivity index (χ3n) is 4.49. The van der Waals surface area contributed by atoms with E-state index in [0.29, 0.717) is 5.69 Å². The van der Waals surface area contributed by atoms with Crippen molar-refractivity contribution in [2.24, 2.45) is 7.05 Å². The molecule has 0 spiro atoms. The van der Waals surface area contributed by atoms with Crippen molar-refractivity contribution >= 4 is 34.5 Å². The van der Waals surface area contributed by atoms with Gasteiger partial charge in [0.2, 0.25) is 5.95 Å². The van der Waals surface area contributed by atoms with Crippen LogP contribution in [0, 0.1) is 0 Å². The minimum absolute atomic E-state index is 0.197. The molecule has 1 aliphatic rings. The Morgan fingerprint density at radius 1 is 1.37 bits per heavy atom. The van der Waals surface area contributed by atoms with Gasteiger partial charge in [-0.1, -0.05) is 17.7 Å². The summed E-state index contributed by atoms with van der Waals surface area (Å²) in [5.74, 6) is -0.488. The summed E-state index contributed by atoms with van der Waals surface area (Å²) in [6.07, 6.45) is -0.925. The van der Waals surface area contributed by atoms with Gasteiger partial charge < -0.3 is 4.57 Å². The highest BCUT2D eigenvalue weighted by molar-refractivity contribution is 6.35. The van der Waals surface area contributed by atoms with Gasteiger partial charge in [0.1, 0.15) is 17.8 Å². The van der Waals surface area contributed by atoms with Crippen LogP contribution in [0.25, 0.3) is 11.0 Å². The van der Waals surface area contributed by atoms with E-state index in [1.807, 2.05) is 0 Å². The number of aromatic nitrogens is 4. The molecule has 0 atom stereocenters. The van der Waals surface area contributed by atoms with Crippen LogP contribution in [0.4, 0.5) is 19.1 Å². The van der Waals surface area contributed by atoms with Crippen LogP contribution in [-0.4, -0.2) is 31.4 Å². The van der Waals surface area contributed by atoms with Gasteiger partial charge in [0.25, 0.3) is 5.91 Å². The van der Waals surface area contributed by atoms with Crippen molar-refractivity contribution < 1.29 is 18.0 Å². The third kappa shape index (κ3) is 3.39. The summed E-state index contributed by atoms with van der Waals surface area (Å²) < 4.78 is 41.5. The second kappa shape index (κ2) is 6.26. The molecule has 3 aromatic rings. The number of alkyl halides is 3. The van der Waals surface area contributed by atoms with Crippen LogP contribution in [0.3, 0.4) is 0 Å². The number of nitrogens with one attached hydrogen (secondary N) is 1. The number of nitrogens with zero attached hydrogens (tertiary/aromatic N) is 4. The molecule has 1 aliphatic carbocycles. The highest BCUT2D eigenvalue weighted by Gasteiger charge is 2.33. The molecule has 2 aromatic heterocycles. The van der Waals surface area contributed by atoms with Gasteiger partial charge in [-0.3, -0.25) is 14.8 Å². The Hall–Kier alpha value is -2.55. The van der Waals surface area contributed by atoms with Gasteiger partial charge in [-0.2, -0.15) is 18.3 Å². The topological polar surface area (TPSA) is 64.7 Å². The molecular formula is C17H15ClF3N5O. The van der Waals surface area contributed by atoms with Crippen molar-refractivity contribution in [3.8, 4) is 0 Å². The Balaban J connectivity index is 1.75. The van der Waals surface area contributed by atoms with Crippen molar-refractivity contribution in [2.75, 3.05) is 5.32 Å². The van der Waals surface area contributed by atoms with Crippen LogP contribution in [0.2, 0.25) is 5.02 Å². The molecule has 1 saturated carbocycles. The lowest BCUT2D eigenvalue weighted by molar-refractivity contribution is -0.139. The van der Waals surface area contributed by atoms with E-state index in [1.54, 1.807) is 13.2 Å². The van der Waals surface area contributed by atoms with E-state index < -0.39 is 18.6 Å². The summed E-state index contributed by atoms with van der Waals surface area (Å²) in [6.45, 7) is -1.29. The first-order valence-corrected chi connectivity index (χ1v) is 8.67. The molecule has 0 bridgehead atoms. The number of hydrogen-bond donors (Lipinski definition) is 1. The normalized spacial score (nSPS) is 14.7. The fourth-order valence-corrected chi connectivity index (χ4v) is 3.35. The molecule has 4 rings (SSSR count). The standard InChI is InChI=1S/C17H15ClF3N5O/c1-25-14(10(7-22-25)9-5-6-9)15(27)24-16-23-13-11(18)3-2-4-12(13)26(16)8-17(19,20)21/h2-4,7,9H,5-6,8H2,1H3,(H,23,24,27). The quantitative estimate of drug-likeness (QED) is 0.720. The minimum Gasteiger partial charge on any atom is -0.301 e. The minimum atomic E-state index is -4.48. The van der Waals surface area contributed by atoms with Gasteiger partial charge >= 0.3 is 6.18 Å². The first-order chi connectivity index (χ1) is 12.7. The fourth-order valence-electron chi connectivity index (χ4n) is 3.13. The number of carbonyl (C=O) groups excluding carboxylic acids is 1. The highest BCUT2D eigenvalue weighted by atomic mass is 35.5. The zero-order valence-electron chi connectivity index (χ0n) is 14.2. The number of halogens is 4. The lowest BCUT2D eigenvalue weighted by atomic mass is 10.1. The Morgan fingerprint density at radius 2 is 2.11 bits per heavy atom. The lowest BCUT2D eigenvalue weighted by Crippen LogP contribution is -2.23. The number of benzene rings is 1. The number of imidazole rings is 1. The van der Waals surface area contributed by atoms with E-state index in [9.17, 15) is 18.0 Å². The van der Waals surface area contributed by atoms with Gasteiger partial charge in [-0.25, -0.2) is 4.98 Å². The molecule has 0 aliphatic heterocycles. The monoisotopic (exact) mass is 397 g/mol. The smallest absolute Gasteiger partial charge is 0.301 e. The predicted molar refractivity (Wildman–Crippen MR) is 93.9 cm³/mol. The van der Waals surface area contributed by atoms with Crippen LogP contribution in [0.5, 0.6) is 0 Å². The number of fused-ring (bicyclic) bond motifs is 1. The Bertz CT molecular complexity index is 1040. The van der Waals surface area contributed by atoms with E-state index in [2.05, 4.69) is 15.4 Å². The maximum Gasteiger partial charge on any atom is 0.406 e. The molecule has 1 amide bonds. The molecule has 0 unspecified atom stereocenters. The van der Waals surface area contributed by atoms with Crippen molar-refractivity contribution in [3.05, 3.63) is 40.7 Å². The summed E-state index contributed by atoms with van der Waals surface area (Å²) in [5.41, 5.74) is 1.52. The maximum atomic E-state index is 13.1. The Morgan fingerprint density at radius 3 is 2.78 bits per heavy atom. The van der Waals surface area contributed by atoms with Crippen LogP contribution >= 0.6 is 11.6 Å². The summed E-state index contributed by atoms with van der Waals surface area (Å²) in [4.78, 5) is 16.9. The highest BCUT2D eigenvalue weighted by Crippen LogP contribution is 2.41. The molecule has 10 heteroatoms. The fraction of sp³-hybridized carbons (Fsp3) is 0.353. The number of anilines is 1. The number of rotatable bonds is 4. The molecule has 142 valence electrons. The molecule has 1 aromatic carbocycles. The van der Waals surface area contributed by atoms with Gasteiger partial charge in [-0.15, -0.1) is 0 Å². The summed E-state index contributed by atoms with van der Waals surface area (Å²) in [6, 6.07) is 4.55. The van der Waals surface area contributed by atoms with Gasteiger partial charge in [0.05, 0.1) is 16.7 Å². The number of hydrogen-bond acceptors (Lipinski definition) is 3. The molecule has 27 heavy (non-hydrogen) atoms. The Labute approximate surface area is 156 Å². The van der Waals surface area contributed by atoms with Gasteiger partial charge in [0, 0.05) is 12.6 Å². The van der Waals surface area contributed by atoms with Crippen molar-refractivity contribution in [1.29, 1.82) is 0 Å². The SMILES string of the molecule is Cn1ncc(C2CC2)c1C(=O)Nc1nc2c(Cl)cccc2n1CC(F)(F)F.